The number of ether oxygens (including phenoxy) is 1. The quantitative estimate of drug-likeness (QED) is 0.199. The molecule has 0 atom stereocenters. The predicted octanol–water partition coefficient (Wildman–Crippen LogP) is 11.9. The summed E-state index contributed by atoms with van der Waals surface area (Å²) in [5.74, 6) is 1.58. The van der Waals surface area contributed by atoms with E-state index in [0.717, 1.165) is 77.6 Å². The maximum absolute atomic E-state index is 9.33. The van der Waals surface area contributed by atoms with Gasteiger partial charge in [0.25, 0.3) is 0 Å². The van der Waals surface area contributed by atoms with Crippen LogP contribution in [0, 0.1) is 0 Å². The van der Waals surface area contributed by atoms with Gasteiger partial charge in [0.1, 0.15) is 11.5 Å². The molecule has 0 radical (unpaired) electrons. The molecular formula is C42H26O. The molecule has 1 heterocycles. The standard InChI is InChI=1S/C42H26O/c1-2-12-27(13-3-1)30-16-4-5-17-31(30)42-34-20-8-6-18-32(34)40(33-19-7-9-21-35(33)42)29-24-25-38-37(26-29)36-22-10-14-28-15-11-23-39(43-38)41(28)36/h1-26H/i6D,8D,18D,20D. The van der Waals surface area contributed by atoms with Crippen LogP contribution in [0.4, 0.5) is 0 Å². The van der Waals surface area contributed by atoms with Crippen molar-refractivity contribution in [2.75, 3.05) is 0 Å². The zero-order valence-corrected chi connectivity index (χ0v) is 23.1. The van der Waals surface area contributed by atoms with E-state index in [1.807, 2.05) is 66.7 Å². The first-order chi connectivity index (χ1) is 23.0. The summed E-state index contributed by atoms with van der Waals surface area (Å²) >= 11 is 0. The molecule has 0 unspecified atom stereocenters. The van der Waals surface area contributed by atoms with E-state index in [4.69, 9.17) is 7.48 Å². The second-order valence-electron chi connectivity index (χ2n) is 10.9. The Morgan fingerprint density at radius 1 is 0.419 bits per heavy atom. The summed E-state index contributed by atoms with van der Waals surface area (Å²) in [6, 6.07) is 44.2. The first kappa shape index (κ1) is 20.3. The number of benzene rings is 8. The molecule has 200 valence electrons. The Kier molecular flexibility index (Phi) is 4.45. The lowest BCUT2D eigenvalue weighted by Crippen LogP contribution is -1.98. The normalized spacial score (nSPS) is 13.2. The lowest BCUT2D eigenvalue weighted by atomic mass is 9.83. The summed E-state index contributed by atoms with van der Waals surface area (Å²) in [4.78, 5) is 0. The third kappa shape index (κ3) is 3.65. The Labute approximate surface area is 255 Å². The largest absolute Gasteiger partial charge is 0.456 e. The molecule has 0 N–H and O–H groups in total. The molecular weight excluding hydrogens is 520 g/mol. The highest BCUT2D eigenvalue weighted by molar-refractivity contribution is 6.22. The van der Waals surface area contributed by atoms with Crippen LogP contribution < -0.4 is 4.74 Å². The van der Waals surface area contributed by atoms with E-state index in [1.54, 1.807) is 0 Å². The molecule has 1 aliphatic rings. The number of fused-ring (bicyclic) bond motifs is 4. The third-order valence-electron chi connectivity index (χ3n) is 8.58. The van der Waals surface area contributed by atoms with Crippen molar-refractivity contribution in [1.29, 1.82) is 0 Å². The zero-order valence-electron chi connectivity index (χ0n) is 27.1. The first-order valence-electron chi connectivity index (χ1n) is 16.4. The zero-order chi connectivity index (χ0) is 31.8. The minimum absolute atomic E-state index is 0.0501. The average molecular weight is 551 g/mol. The van der Waals surface area contributed by atoms with Crippen molar-refractivity contribution < 1.29 is 10.2 Å². The summed E-state index contributed by atoms with van der Waals surface area (Å²) in [5.41, 5.74) is 7.40. The molecule has 1 aliphatic heterocycles. The van der Waals surface area contributed by atoms with Gasteiger partial charge in [0, 0.05) is 10.9 Å². The second-order valence-corrected chi connectivity index (χ2v) is 10.9. The van der Waals surface area contributed by atoms with E-state index < -0.39 is 0 Å². The van der Waals surface area contributed by atoms with Crippen molar-refractivity contribution in [3.63, 3.8) is 0 Å². The van der Waals surface area contributed by atoms with Crippen LogP contribution in [0.25, 0.3) is 76.8 Å². The summed E-state index contributed by atoms with van der Waals surface area (Å²) in [5, 5.41) is 5.01. The van der Waals surface area contributed by atoms with E-state index in [0.29, 0.717) is 10.8 Å². The lowest BCUT2D eigenvalue weighted by Gasteiger charge is -2.23. The Morgan fingerprint density at radius 2 is 1.07 bits per heavy atom. The molecule has 0 fully saturated rings. The third-order valence-corrected chi connectivity index (χ3v) is 8.58. The molecule has 0 amide bonds. The number of rotatable bonds is 3. The van der Waals surface area contributed by atoms with Gasteiger partial charge in [0.15, 0.2) is 0 Å². The van der Waals surface area contributed by atoms with Gasteiger partial charge in [-0.1, -0.05) is 139 Å². The molecule has 1 nitrogen and oxygen atoms in total. The van der Waals surface area contributed by atoms with Gasteiger partial charge in [-0.25, -0.2) is 0 Å². The molecule has 0 aliphatic carbocycles. The lowest BCUT2D eigenvalue weighted by molar-refractivity contribution is 0.487. The van der Waals surface area contributed by atoms with Gasteiger partial charge in [0.2, 0.25) is 0 Å². The fourth-order valence-electron chi connectivity index (χ4n) is 6.75. The van der Waals surface area contributed by atoms with Crippen molar-refractivity contribution in [1.82, 2.24) is 0 Å². The van der Waals surface area contributed by atoms with E-state index in [-0.39, 0.29) is 24.2 Å². The summed E-state index contributed by atoms with van der Waals surface area (Å²) in [7, 11) is 0. The highest BCUT2D eigenvalue weighted by Crippen LogP contribution is 2.50. The molecule has 0 saturated carbocycles. The molecule has 1 heteroatoms. The van der Waals surface area contributed by atoms with Crippen LogP contribution in [-0.4, -0.2) is 0 Å². The van der Waals surface area contributed by atoms with E-state index >= 15 is 0 Å². The Balaban J connectivity index is 1.43. The van der Waals surface area contributed by atoms with Gasteiger partial charge in [-0.05, 0) is 84.1 Å². The van der Waals surface area contributed by atoms with Crippen LogP contribution in [0.1, 0.15) is 5.48 Å². The maximum atomic E-state index is 9.33. The van der Waals surface area contributed by atoms with Crippen molar-refractivity contribution >= 4 is 32.3 Å². The first-order valence-corrected chi connectivity index (χ1v) is 14.4. The highest BCUT2D eigenvalue weighted by Gasteiger charge is 2.23. The maximum Gasteiger partial charge on any atom is 0.135 e. The average Bonchev–Trinajstić information content (AvgIpc) is 3.12. The molecule has 8 aromatic rings. The molecule has 0 bridgehead atoms. The van der Waals surface area contributed by atoms with Crippen LogP contribution in [0.5, 0.6) is 11.5 Å². The summed E-state index contributed by atoms with van der Waals surface area (Å²) in [6.07, 6.45) is 0. The van der Waals surface area contributed by atoms with Crippen LogP contribution in [0.2, 0.25) is 0 Å². The fourth-order valence-corrected chi connectivity index (χ4v) is 6.75. The van der Waals surface area contributed by atoms with Gasteiger partial charge >= 0.3 is 0 Å². The van der Waals surface area contributed by atoms with Crippen LogP contribution in [0.15, 0.2) is 158 Å². The summed E-state index contributed by atoms with van der Waals surface area (Å²) in [6.45, 7) is 0. The van der Waals surface area contributed by atoms with Gasteiger partial charge in [-0.15, -0.1) is 0 Å². The smallest absolute Gasteiger partial charge is 0.135 e. The molecule has 0 aromatic heterocycles. The minimum atomic E-state index is -0.249. The van der Waals surface area contributed by atoms with E-state index in [2.05, 4.69) is 66.7 Å². The number of hydrogen-bond donors (Lipinski definition) is 0. The fraction of sp³-hybridized carbons (Fsp3) is 0. The Bertz CT molecular complexity index is 2590. The predicted molar refractivity (Wildman–Crippen MR) is 181 cm³/mol. The van der Waals surface area contributed by atoms with Crippen LogP contribution in [-0.2, 0) is 0 Å². The van der Waals surface area contributed by atoms with Gasteiger partial charge < -0.3 is 4.74 Å². The molecule has 0 saturated heterocycles. The SMILES string of the molecule is [2H]c1c([2H])c([2H])c2c(-c3ccccc3-c3ccccc3)c3ccccc3c(-c3ccc4c(c3)-c3cccc5cccc(c35)O4)c2c1[2H]. The molecule has 9 rings (SSSR count). The van der Waals surface area contributed by atoms with Gasteiger partial charge in [0.05, 0.1) is 5.48 Å². The van der Waals surface area contributed by atoms with Crippen molar-refractivity contribution in [3.05, 3.63) is 158 Å². The van der Waals surface area contributed by atoms with Gasteiger partial charge in [-0.3, -0.25) is 0 Å². The van der Waals surface area contributed by atoms with Crippen molar-refractivity contribution in [2.45, 2.75) is 0 Å². The van der Waals surface area contributed by atoms with E-state index in [9.17, 15) is 2.74 Å². The van der Waals surface area contributed by atoms with Crippen molar-refractivity contribution in [3.8, 4) is 56.0 Å². The molecule has 0 spiro atoms. The van der Waals surface area contributed by atoms with Crippen molar-refractivity contribution in [2.24, 2.45) is 0 Å². The topological polar surface area (TPSA) is 9.23 Å². The Hall–Kier alpha value is -5.66. The van der Waals surface area contributed by atoms with E-state index in [1.165, 1.54) is 0 Å². The monoisotopic (exact) mass is 550 g/mol. The van der Waals surface area contributed by atoms with Crippen LogP contribution >= 0.6 is 0 Å². The summed E-state index contributed by atoms with van der Waals surface area (Å²) < 4.78 is 42.6. The number of hydrogen-bond acceptors (Lipinski definition) is 1. The molecule has 43 heavy (non-hydrogen) atoms. The molecule has 8 aromatic carbocycles. The van der Waals surface area contributed by atoms with Crippen LogP contribution in [0.3, 0.4) is 0 Å². The Morgan fingerprint density at radius 3 is 1.88 bits per heavy atom. The highest BCUT2D eigenvalue weighted by atomic mass is 16.5. The minimum Gasteiger partial charge on any atom is -0.456 e. The van der Waals surface area contributed by atoms with Gasteiger partial charge in [-0.2, -0.15) is 0 Å². The second kappa shape index (κ2) is 9.44.